The minimum atomic E-state index is -4.38. The largest absolute Gasteiger partial charge is 0.416 e. The molecule has 4 nitrogen and oxygen atoms in total. The van der Waals surface area contributed by atoms with Crippen molar-refractivity contribution in [1.82, 2.24) is 9.97 Å². The molecule has 0 amide bonds. The lowest BCUT2D eigenvalue weighted by atomic mass is 10.1. The van der Waals surface area contributed by atoms with Crippen LogP contribution in [0.5, 0.6) is 0 Å². The highest BCUT2D eigenvalue weighted by atomic mass is 19.4. The molecule has 0 unspecified atom stereocenters. The first-order valence-corrected chi connectivity index (χ1v) is 7.10. The van der Waals surface area contributed by atoms with Crippen LogP contribution in [0.4, 0.5) is 19.0 Å². The summed E-state index contributed by atoms with van der Waals surface area (Å²) in [7, 11) is 1.66. The lowest BCUT2D eigenvalue weighted by Gasteiger charge is -2.12. The number of alkyl halides is 3. The van der Waals surface area contributed by atoms with Gasteiger partial charge in [0, 0.05) is 7.05 Å². The molecule has 3 rings (SSSR count). The SMILES string of the molecule is CN(/N=C\c1cccc(C(F)(F)F)c1)c1cnc2ccccc2n1. The molecule has 3 aromatic rings. The van der Waals surface area contributed by atoms with Crippen LogP contribution in [0.3, 0.4) is 0 Å². The summed E-state index contributed by atoms with van der Waals surface area (Å²) in [5.74, 6) is 0.497. The molecule has 2 aromatic carbocycles. The molecule has 0 saturated carbocycles. The molecule has 0 aliphatic heterocycles. The topological polar surface area (TPSA) is 41.4 Å². The Morgan fingerprint density at radius 1 is 1.04 bits per heavy atom. The fourth-order valence-electron chi connectivity index (χ4n) is 2.11. The van der Waals surface area contributed by atoms with E-state index >= 15 is 0 Å². The Balaban J connectivity index is 1.83. The van der Waals surface area contributed by atoms with Crippen LogP contribution in [-0.2, 0) is 6.18 Å². The monoisotopic (exact) mass is 330 g/mol. The average Bonchev–Trinajstić information content (AvgIpc) is 2.59. The molecule has 7 heteroatoms. The highest BCUT2D eigenvalue weighted by Crippen LogP contribution is 2.29. The minimum absolute atomic E-state index is 0.352. The molecule has 0 aliphatic carbocycles. The van der Waals surface area contributed by atoms with E-state index in [1.165, 1.54) is 17.3 Å². The van der Waals surface area contributed by atoms with Gasteiger partial charge in [-0.25, -0.2) is 9.99 Å². The molecule has 1 aromatic heterocycles. The smallest absolute Gasteiger partial charge is 0.251 e. The van der Waals surface area contributed by atoms with Crippen LogP contribution < -0.4 is 5.01 Å². The van der Waals surface area contributed by atoms with Gasteiger partial charge in [0.2, 0.25) is 0 Å². The maximum atomic E-state index is 12.7. The van der Waals surface area contributed by atoms with Gasteiger partial charge in [-0.15, -0.1) is 0 Å². The van der Waals surface area contributed by atoms with E-state index in [9.17, 15) is 13.2 Å². The van der Waals surface area contributed by atoms with Crippen molar-refractivity contribution in [2.24, 2.45) is 5.10 Å². The first-order valence-electron chi connectivity index (χ1n) is 7.10. The number of hydrogen-bond acceptors (Lipinski definition) is 4. The van der Waals surface area contributed by atoms with E-state index in [0.29, 0.717) is 11.4 Å². The first kappa shape index (κ1) is 15.9. The Morgan fingerprint density at radius 2 is 1.79 bits per heavy atom. The summed E-state index contributed by atoms with van der Waals surface area (Å²) < 4.78 is 38.1. The van der Waals surface area contributed by atoms with Crippen LogP contribution in [0.1, 0.15) is 11.1 Å². The summed E-state index contributed by atoms with van der Waals surface area (Å²) in [4.78, 5) is 8.69. The normalized spacial score (nSPS) is 12.0. The van der Waals surface area contributed by atoms with E-state index in [0.717, 1.165) is 23.2 Å². The van der Waals surface area contributed by atoms with Gasteiger partial charge in [-0.1, -0.05) is 24.3 Å². The number of benzene rings is 2. The van der Waals surface area contributed by atoms with E-state index in [2.05, 4.69) is 15.1 Å². The zero-order valence-corrected chi connectivity index (χ0v) is 12.7. The molecule has 0 fully saturated rings. The summed E-state index contributed by atoms with van der Waals surface area (Å²) in [6.45, 7) is 0. The van der Waals surface area contributed by atoms with Crippen molar-refractivity contribution < 1.29 is 13.2 Å². The third kappa shape index (κ3) is 3.51. The standard InChI is InChI=1S/C17H13F3N4/c1-24(16-11-21-14-7-2-3-8-15(14)23-16)22-10-12-5-4-6-13(9-12)17(18,19)20/h2-11H,1H3/b22-10-. The van der Waals surface area contributed by atoms with E-state index in [4.69, 9.17) is 0 Å². The number of nitrogens with zero attached hydrogens (tertiary/aromatic N) is 4. The number of anilines is 1. The fraction of sp³-hybridized carbons (Fsp3) is 0.118. The molecular weight excluding hydrogens is 317 g/mol. The number of fused-ring (bicyclic) bond motifs is 1. The third-order valence-electron chi connectivity index (χ3n) is 3.36. The highest BCUT2D eigenvalue weighted by molar-refractivity contribution is 5.81. The molecule has 24 heavy (non-hydrogen) atoms. The van der Waals surface area contributed by atoms with Crippen LogP contribution in [0, 0.1) is 0 Å². The van der Waals surface area contributed by atoms with Gasteiger partial charge >= 0.3 is 6.18 Å². The van der Waals surface area contributed by atoms with Gasteiger partial charge in [0.15, 0.2) is 5.82 Å². The Labute approximate surface area is 136 Å². The van der Waals surface area contributed by atoms with Crippen LogP contribution in [0.15, 0.2) is 59.8 Å². The zero-order chi connectivity index (χ0) is 17.2. The van der Waals surface area contributed by atoms with Crippen LogP contribution in [-0.4, -0.2) is 23.2 Å². The second-order valence-corrected chi connectivity index (χ2v) is 5.11. The fourth-order valence-corrected chi connectivity index (χ4v) is 2.11. The second kappa shape index (κ2) is 6.27. The summed E-state index contributed by atoms with van der Waals surface area (Å²) in [5.41, 5.74) is 1.12. The van der Waals surface area contributed by atoms with Gasteiger partial charge in [0.05, 0.1) is 29.0 Å². The number of rotatable bonds is 3. The van der Waals surface area contributed by atoms with Gasteiger partial charge in [-0.05, 0) is 29.8 Å². The highest BCUT2D eigenvalue weighted by Gasteiger charge is 2.30. The molecule has 0 atom stereocenters. The number of halogens is 3. The van der Waals surface area contributed by atoms with Crippen molar-refractivity contribution in [2.45, 2.75) is 6.18 Å². The van der Waals surface area contributed by atoms with Crippen molar-refractivity contribution in [3.8, 4) is 0 Å². The van der Waals surface area contributed by atoms with E-state index in [1.54, 1.807) is 19.3 Å². The second-order valence-electron chi connectivity index (χ2n) is 5.11. The van der Waals surface area contributed by atoms with Crippen molar-refractivity contribution in [3.05, 3.63) is 65.9 Å². The molecule has 0 saturated heterocycles. The maximum Gasteiger partial charge on any atom is 0.416 e. The zero-order valence-electron chi connectivity index (χ0n) is 12.7. The van der Waals surface area contributed by atoms with Crippen molar-refractivity contribution >= 4 is 23.1 Å². The quantitative estimate of drug-likeness (QED) is 0.536. The summed E-state index contributed by atoms with van der Waals surface area (Å²) in [5, 5.41) is 5.59. The number of aromatic nitrogens is 2. The molecule has 0 radical (unpaired) electrons. The van der Waals surface area contributed by atoms with Crippen LogP contribution in [0.2, 0.25) is 0 Å². The molecule has 0 N–H and O–H groups in total. The van der Waals surface area contributed by atoms with E-state index in [-0.39, 0.29) is 0 Å². The van der Waals surface area contributed by atoms with Crippen LogP contribution in [0.25, 0.3) is 11.0 Å². The number of para-hydroxylation sites is 2. The van der Waals surface area contributed by atoms with E-state index < -0.39 is 11.7 Å². The molecule has 0 spiro atoms. The van der Waals surface area contributed by atoms with Crippen molar-refractivity contribution in [2.75, 3.05) is 12.1 Å². The first-order chi connectivity index (χ1) is 11.4. The third-order valence-corrected chi connectivity index (χ3v) is 3.36. The maximum absolute atomic E-state index is 12.7. The van der Waals surface area contributed by atoms with Gasteiger partial charge in [0.25, 0.3) is 0 Å². The van der Waals surface area contributed by atoms with Gasteiger partial charge in [-0.3, -0.25) is 4.98 Å². The van der Waals surface area contributed by atoms with E-state index in [1.807, 2.05) is 24.3 Å². The molecule has 0 bridgehead atoms. The molecule has 122 valence electrons. The Morgan fingerprint density at radius 3 is 2.54 bits per heavy atom. The van der Waals surface area contributed by atoms with Crippen molar-refractivity contribution in [1.29, 1.82) is 0 Å². The molecular formula is C17H13F3N4. The lowest BCUT2D eigenvalue weighted by Crippen LogP contribution is -2.11. The Hall–Kier alpha value is -2.96. The van der Waals surface area contributed by atoms with Crippen LogP contribution >= 0.6 is 0 Å². The summed E-state index contributed by atoms with van der Waals surface area (Å²) >= 11 is 0. The van der Waals surface area contributed by atoms with Gasteiger partial charge in [-0.2, -0.15) is 18.3 Å². The van der Waals surface area contributed by atoms with Gasteiger partial charge in [0.1, 0.15) is 0 Å². The molecule has 1 heterocycles. The predicted molar refractivity (Wildman–Crippen MR) is 87.0 cm³/mol. The van der Waals surface area contributed by atoms with Crippen molar-refractivity contribution in [3.63, 3.8) is 0 Å². The summed E-state index contributed by atoms with van der Waals surface area (Å²) in [6, 6.07) is 12.4. The summed E-state index contributed by atoms with van der Waals surface area (Å²) in [6.07, 6.45) is -1.46. The number of hydrazone groups is 1. The molecule has 0 aliphatic rings. The Bertz CT molecular complexity index is 890. The number of hydrogen-bond donors (Lipinski definition) is 0. The Kier molecular flexibility index (Phi) is 4.16. The van der Waals surface area contributed by atoms with Gasteiger partial charge < -0.3 is 0 Å². The minimum Gasteiger partial charge on any atom is -0.251 e. The lowest BCUT2D eigenvalue weighted by molar-refractivity contribution is -0.137. The average molecular weight is 330 g/mol. The predicted octanol–water partition coefficient (Wildman–Crippen LogP) is 4.12.